The fraction of sp³-hybridized carbons (Fsp3) is 0.143. The van der Waals surface area contributed by atoms with E-state index < -0.39 is 10.0 Å². The normalized spacial score (nSPS) is 11.2. The number of sulfonamides is 1. The highest BCUT2D eigenvalue weighted by Gasteiger charge is 2.06. The highest BCUT2D eigenvalue weighted by molar-refractivity contribution is 7.89. The minimum absolute atomic E-state index is 0.0308. The van der Waals surface area contributed by atoms with E-state index in [0.717, 1.165) is 0 Å². The van der Waals surface area contributed by atoms with Crippen molar-refractivity contribution < 1.29 is 13.2 Å². The molecule has 4 nitrogen and oxygen atoms in total. The molecule has 0 aliphatic carbocycles. The van der Waals surface area contributed by atoms with E-state index >= 15 is 0 Å². The molecule has 0 spiro atoms. The topological polar surface area (TPSA) is 69.4 Å². The SMILES string of the molecule is COc1[c]cc(S(N)(=O)=O)cc1. The lowest BCUT2D eigenvalue weighted by molar-refractivity contribution is 0.413. The average Bonchev–Trinajstić information content (AvgIpc) is 2.03. The van der Waals surface area contributed by atoms with Gasteiger partial charge in [0.25, 0.3) is 0 Å². The maximum absolute atomic E-state index is 10.7. The van der Waals surface area contributed by atoms with Crippen LogP contribution in [0.2, 0.25) is 0 Å². The Morgan fingerprint density at radius 2 is 2.17 bits per heavy atom. The van der Waals surface area contributed by atoms with Crippen LogP contribution in [0.1, 0.15) is 0 Å². The third-order valence-electron chi connectivity index (χ3n) is 1.30. The molecule has 1 radical (unpaired) electrons. The standard InChI is InChI=1S/C7H8NO3S/c1-11-6-2-4-7(5-3-6)12(8,9)10/h2,4-5H,1H3,(H2,8,9,10). The van der Waals surface area contributed by atoms with Crippen molar-refractivity contribution >= 4 is 10.0 Å². The van der Waals surface area contributed by atoms with Gasteiger partial charge < -0.3 is 4.74 Å². The Labute approximate surface area is 71.0 Å². The summed E-state index contributed by atoms with van der Waals surface area (Å²) < 4.78 is 26.3. The molecule has 5 heteroatoms. The fourth-order valence-corrected chi connectivity index (χ4v) is 1.18. The summed E-state index contributed by atoms with van der Waals surface area (Å²) in [6, 6.07) is 6.74. The molecule has 0 heterocycles. The molecule has 12 heavy (non-hydrogen) atoms. The third kappa shape index (κ3) is 1.96. The molecule has 0 saturated heterocycles. The van der Waals surface area contributed by atoms with Crippen LogP contribution in [0, 0.1) is 6.07 Å². The van der Waals surface area contributed by atoms with Crippen LogP contribution >= 0.6 is 0 Å². The number of ether oxygens (including phenoxy) is 1. The molecule has 0 unspecified atom stereocenters. The van der Waals surface area contributed by atoms with Crippen LogP contribution < -0.4 is 9.88 Å². The highest BCUT2D eigenvalue weighted by atomic mass is 32.2. The van der Waals surface area contributed by atoms with Crippen LogP contribution in [0.25, 0.3) is 0 Å². The Kier molecular flexibility index (Phi) is 2.35. The van der Waals surface area contributed by atoms with Crippen LogP contribution in [0.15, 0.2) is 23.1 Å². The number of primary sulfonamides is 1. The van der Waals surface area contributed by atoms with E-state index in [2.05, 4.69) is 6.07 Å². The fourth-order valence-electron chi connectivity index (χ4n) is 0.700. The van der Waals surface area contributed by atoms with Crippen LogP contribution in [-0.2, 0) is 10.0 Å². The van der Waals surface area contributed by atoms with Gasteiger partial charge >= 0.3 is 0 Å². The minimum atomic E-state index is -3.61. The van der Waals surface area contributed by atoms with E-state index in [-0.39, 0.29) is 4.90 Å². The third-order valence-corrected chi connectivity index (χ3v) is 2.22. The molecule has 1 rings (SSSR count). The molecule has 1 aromatic carbocycles. The Bertz CT molecular complexity index is 355. The smallest absolute Gasteiger partial charge is 0.238 e. The van der Waals surface area contributed by atoms with Gasteiger partial charge in [-0.1, -0.05) is 0 Å². The van der Waals surface area contributed by atoms with Gasteiger partial charge in [0.15, 0.2) is 0 Å². The van der Waals surface area contributed by atoms with E-state index in [1.807, 2.05) is 0 Å². The number of hydrogen-bond donors (Lipinski definition) is 1. The number of benzene rings is 1. The number of rotatable bonds is 2. The first-order valence-electron chi connectivity index (χ1n) is 3.12. The minimum Gasteiger partial charge on any atom is -0.496 e. The highest BCUT2D eigenvalue weighted by Crippen LogP contribution is 2.12. The summed E-state index contributed by atoms with van der Waals surface area (Å²) in [6.07, 6.45) is 0. The largest absolute Gasteiger partial charge is 0.496 e. The van der Waals surface area contributed by atoms with Crippen molar-refractivity contribution in [3.63, 3.8) is 0 Å². The van der Waals surface area contributed by atoms with E-state index in [1.165, 1.54) is 25.3 Å². The maximum atomic E-state index is 10.7. The Hall–Kier alpha value is -1.07. The molecular weight excluding hydrogens is 178 g/mol. The predicted molar refractivity (Wildman–Crippen MR) is 43.2 cm³/mol. The van der Waals surface area contributed by atoms with E-state index in [4.69, 9.17) is 9.88 Å². The van der Waals surface area contributed by atoms with Gasteiger partial charge in [-0.2, -0.15) is 0 Å². The first-order chi connectivity index (χ1) is 5.54. The molecule has 0 aliphatic heterocycles. The van der Waals surface area contributed by atoms with Gasteiger partial charge in [-0.05, 0) is 18.2 Å². The second kappa shape index (κ2) is 3.12. The van der Waals surface area contributed by atoms with E-state index in [0.29, 0.717) is 5.75 Å². The first-order valence-corrected chi connectivity index (χ1v) is 4.67. The van der Waals surface area contributed by atoms with Crippen molar-refractivity contribution in [2.45, 2.75) is 4.90 Å². The monoisotopic (exact) mass is 186 g/mol. The van der Waals surface area contributed by atoms with Crippen molar-refractivity contribution in [2.75, 3.05) is 7.11 Å². The zero-order chi connectivity index (χ0) is 9.19. The summed E-state index contributed by atoms with van der Waals surface area (Å²) in [7, 11) is -2.14. The van der Waals surface area contributed by atoms with Gasteiger partial charge in [0, 0.05) is 6.07 Å². The average molecular weight is 186 g/mol. The molecule has 2 N–H and O–H groups in total. The second-order valence-electron chi connectivity index (χ2n) is 2.14. The van der Waals surface area contributed by atoms with Gasteiger partial charge in [-0.15, -0.1) is 0 Å². The second-order valence-corrected chi connectivity index (χ2v) is 3.70. The van der Waals surface area contributed by atoms with Gasteiger partial charge in [0.1, 0.15) is 5.75 Å². The lowest BCUT2D eigenvalue weighted by Gasteiger charge is -1.99. The molecule has 0 atom stereocenters. The van der Waals surface area contributed by atoms with Crippen molar-refractivity contribution in [2.24, 2.45) is 5.14 Å². The van der Waals surface area contributed by atoms with Gasteiger partial charge in [-0.25, -0.2) is 13.6 Å². The first kappa shape index (κ1) is 9.02. The molecule has 0 amide bonds. The van der Waals surface area contributed by atoms with Crippen molar-refractivity contribution in [1.82, 2.24) is 0 Å². The zero-order valence-electron chi connectivity index (χ0n) is 6.44. The quantitative estimate of drug-likeness (QED) is 0.714. The van der Waals surface area contributed by atoms with E-state index in [9.17, 15) is 8.42 Å². The van der Waals surface area contributed by atoms with Crippen LogP contribution in [-0.4, -0.2) is 15.5 Å². The summed E-state index contributed by atoms with van der Waals surface area (Å²) in [6.45, 7) is 0. The zero-order valence-corrected chi connectivity index (χ0v) is 7.26. The Balaban J connectivity index is 3.09. The number of methoxy groups -OCH3 is 1. The van der Waals surface area contributed by atoms with E-state index in [1.54, 1.807) is 0 Å². The van der Waals surface area contributed by atoms with Crippen LogP contribution in [0.3, 0.4) is 0 Å². The van der Waals surface area contributed by atoms with Crippen molar-refractivity contribution in [3.05, 3.63) is 24.3 Å². The molecule has 0 aliphatic rings. The number of hydrogen-bond acceptors (Lipinski definition) is 3. The summed E-state index contributed by atoms with van der Waals surface area (Å²) in [5, 5.41) is 4.86. The lowest BCUT2D eigenvalue weighted by Crippen LogP contribution is -2.11. The van der Waals surface area contributed by atoms with Crippen LogP contribution in [0.4, 0.5) is 0 Å². The molecule has 0 saturated carbocycles. The summed E-state index contributed by atoms with van der Waals surface area (Å²) >= 11 is 0. The van der Waals surface area contributed by atoms with Crippen molar-refractivity contribution in [3.8, 4) is 5.75 Å². The van der Waals surface area contributed by atoms with Gasteiger partial charge in [-0.3, -0.25) is 0 Å². The molecule has 0 fully saturated rings. The Morgan fingerprint density at radius 3 is 2.50 bits per heavy atom. The molecule has 1 aromatic rings. The lowest BCUT2D eigenvalue weighted by atomic mass is 10.3. The predicted octanol–water partition coefficient (Wildman–Crippen LogP) is 0.143. The summed E-state index contributed by atoms with van der Waals surface area (Å²) in [5.74, 6) is 0.474. The molecule has 0 aromatic heterocycles. The van der Waals surface area contributed by atoms with Crippen molar-refractivity contribution in [1.29, 1.82) is 0 Å². The van der Waals surface area contributed by atoms with Gasteiger partial charge in [0.05, 0.1) is 12.0 Å². The maximum Gasteiger partial charge on any atom is 0.238 e. The van der Waals surface area contributed by atoms with Crippen LogP contribution in [0.5, 0.6) is 5.75 Å². The Morgan fingerprint density at radius 1 is 1.50 bits per heavy atom. The summed E-state index contributed by atoms with van der Waals surface area (Å²) in [5.41, 5.74) is 0. The molecule has 65 valence electrons. The summed E-state index contributed by atoms with van der Waals surface area (Å²) in [4.78, 5) is 0.0308. The van der Waals surface area contributed by atoms with Gasteiger partial charge in [0.2, 0.25) is 10.0 Å². The number of nitrogens with two attached hydrogens (primary N) is 1. The molecule has 0 bridgehead atoms. The molecular formula is C7H8NO3S.